The largest absolute Gasteiger partial charge is 0.336 e. The van der Waals surface area contributed by atoms with Gasteiger partial charge in [0.15, 0.2) is 0 Å². The Balaban J connectivity index is 1.41. The first-order chi connectivity index (χ1) is 12.3. The highest BCUT2D eigenvalue weighted by Gasteiger charge is 2.71. The number of fused-ring (bicyclic) bond motifs is 1. The molecule has 1 unspecified atom stereocenters. The fraction of sp³-hybridized carbons (Fsp3) is 0.950. The molecule has 1 aliphatic heterocycles. The Morgan fingerprint density at radius 2 is 1.73 bits per heavy atom. The number of rotatable bonds is 4. The lowest BCUT2D eigenvalue weighted by molar-refractivity contribution is -0.134. The summed E-state index contributed by atoms with van der Waals surface area (Å²) < 4.78 is 27.8. The molecule has 1 heterocycles. The minimum absolute atomic E-state index is 0.0508. The molecule has 146 valence electrons. The van der Waals surface area contributed by atoms with Gasteiger partial charge < -0.3 is 4.90 Å². The van der Waals surface area contributed by atoms with Gasteiger partial charge in [0, 0.05) is 23.5 Å². The first-order valence-corrected chi connectivity index (χ1v) is 12.2. The fourth-order valence-corrected chi connectivity index (χ4v) is 9.55. The molecule has 4 aliphatic carbocycles. The lowest BCUT2D eigenvalue weighted by atomic mass is 9.69. The van der Waals surface area contributed by atoms with Gasteiger partial charge in [-0.25, -0.2) is 8.42 Å². The average molecular weight is 381 g/mol. The van der Waals surface area contributed by atoms with Gasteiger partial charge in [-0.05, 0) is 56.3 Å². The summed E-state index contributed by atoms with van der Waals surface area (Å²) in [7, 11) is -3.33. The Hall–Kier alpha value is -0.620. The van der Waals surface area contributed by atoms with E-state index < -0.39 is 10.0 Å². The van der Waals surface area contributed by atoms with E-state index in [0.29, 0.717) is 18.0 Å². The number of nitrogens with zero attached hydrogens (tertiary/aromatic N) is 2. The van der Waals surface area contributed by atoms with Crippen LogP contribution in [0.4, 0.5) is 0 Å². The number of carbonyl (C=O) groups excluding carboxylic acids is 1. The number of carbonyl (C=O) groups is 1. The third kappa shape index (κ3) is 2.24. The van der Waals surface area contributed by atoms with E-state index >= 15 is 0 Å². The number of hydrogen-bond donors (Lipinski definition) is 0. The Morgan fingerprint density at radius 1 is 1.08 bits per heavy atom. The van der Waals surface area contributed by atoms with E-state index in [0.717, 1.165) is 44.9 Å². The fourth-order valence-electron chi connectivity index (χ4n) is 7.04. The second kappa shape index (κ2) is 5.47. The van der Waals surface area contributed by atoms with Gasteiger partial charge in [0.05, 0.1) is 12.3 Å². The van der Waals surface area contributed by atoms with Crippen molar-refractivity contribution in [3.63, 3.8) is 0 Å². The third-order valence-electron chi connectivity index (χ3n) is 8.77. The van der Waals surface area contributed by atoms with Gasteiger partial charge >= 0.3 is 0 Å². The zero-order chi connectivity index (χ0) is 18.3. The zero-order valence-electron chi connectivity index (χ0n) is 16.1. The van der Waals surface area contributed by atoms with E-state index in [9.17, 15) is 13.2 Å². The van der Waals surface area contributed by atoms with E-state index in [-0.39, 0.29) is 35.1 Å². The van der Waals surface area contributed by atoms with Crippen LogP contribution in [-0.2, 0) is 14.8 Å². The smallest absolute Gasteiger partial charge is 0.238 e. The van der Waals surface area contributed by atoms with Crippen molar-refractivity contribution in [2.24, 2.45) is 16.7 Å². The zero-order valence-corrected chi connectivity index (χ0v) is 16.9. The van der Waals surface area contributed by atoms with Crippen molar-refractivity contribution in [2.45, 2.75) is 89.8 Å². The Kier molecular flexibility index (Phi) is 3.67. The first-order valence-electron chi connectivity index (χ1n) is 10.6. The van der Waals surface area contributed by atoms with Crippen molar-refractivity contribution in [1.29, 1.82) is 0 Å². The number of sulfonamides is 1. The third-order valence-corrected chi connectivity index (χ3v) is 10.7. The van der Waals surface area contributed by atoms with Gasteiger partial charge in [0.1, 0.15) is 0 Å². The Labute approximate surface area is 157 Å². The lowest BCUT2D eigenvalue weighted by Gasteiger charge is -2.37. The van der Waals surface area contributed by atoms with E-state index in [4.69, 9.17) is 0 Å². The van der Waals surface area contributed by atoms with E-state index in [1.54, 1.807) is 4.31 Å². The van der Waals surface area contributed by atoms with Gasteiger partial charge in [-0.15, -0.1) is 0 Å². The molecule has 0 aromatic carbocycles. The lowest BCUT2D eigenvalue weighted by Crippen LogP contribution is -2.49. The predicted molar refractivity (Wildman–Crippen MR) is 100.0 cm³/mol. The van der Waals surface area contributed by atoms with E-state index in [2.05, 4.69) is 18.7 Å². The van der Waals surface area contributed by atoms with Crippen LogP contribution in [0.3, 0.4) is 0 Å². The summed E-state index contributed by atoms with van der Waals surface area (Å²) in [5, 5.41) is 0. The number of hydrogen-bond acceptors (Lipinski definition) is 3. The van der Waals surface area contributed by atoms with Gasteiger partial charge in [-0.3, -0.25) is 4.79 Å². The van der Waals surface area contributed by atoms with E-state index in [1.807, 2.05) is 0 Å². The molecule has 1 spiro atoms. The summed E-state index contributed by atoms with van der Waals surface area (Å²) in [6.45, 7) is 4.62. The average Bonchev–Trinajstić information content (AvgIpc) is 3.03. The van der Waals surface area contributed by atoms with E-state index in [1.165, 1.54) is 12.8 Å². The molecule has 26 heavy (non-hydrogen) atoms. The van der Waals surface area contributed by atoms with Crippen molar-refractivity contribution in [3.8, 4) is 0 Å². The summed E-state index contributed by atoms with van der Waals surface area (Å²) >= 11 is 0. The molecule has 5 rings (SSSR count). The van der Waals surface area contributed by atoms with Crippen molar-refractivity contribution >= 4 is 15.9 Å². The maximum Gasteiger partial charge on any atom is 0.238 e. The molecular formula is C20H32N2O3S. The van der Waals surface area contributed by atoms with Crippen LogP contribution in [0, 0.1) is 16.7 Å². The maximum absolute atomic E-state index is 13.2. The monoisotopic (exact) mass is 380 g/mol. The SMILES string of the molecule is CC1(C)[C@@H]2CCC13CS(=O)(=O)N(CC(=O)N(C1CCCC1)C1CC1)[C@H]3C2. The van der Waals surface area contributed by atoms with Gasteiger partial charge in [0.2, 0.25) is 15.9 Å². The summed E-state index contributed by atoms with van der Waals surface area (Å²) in [4.78, 5) is 15.3. The molecular weight excluding hydrogens is 348 g/mol. The molecule has 0 radical (unpaired) electrons. The van der Waals surface area contributed by atoms with Crippen LogP contribution in [0.2, 0.25) is 0 Å². The molecule has 0 aromatic rings. The minimum atomic E-state index is -3.33. The summed E-state index contributed by atoms with van der Waals surface area (Å²) in [5.74, 6) is 0.935. The molecule has 2 bridgehead atoms. The van der Waals surface area contributed by atoms with Gasteiger partial charge in [-0.1, -0.05) is 26.7 Å². The highest BCUT2D eigenvalue weighted by Crippen LogP contribution is 2.69. The highest BCUT2D eigenvalue weighted by atomic mass is 32.2. The van der Waals surface area contributed by atoms with Crippen LogP contribution < -0.4 is 0 Å². The summed E-state index contributed by atoms with van der Waals surface area (Å²) in [5.41, 5.74) is -0.0568. The normalized spacial score (nSPS) is 40.8. The standard InChI is InChI=1S/C20H32N2O3S/c1-19(2)14-9-10-20(19)13-26(24,25)21(17(20)11-14)12-18(23)22(16-7-8-16)15-5-3-4-6-15/h14-17H,3-13H2,1-2H3/t14-,17+,20?/m1/s1. The first kappa shape index (κ1) is 17.5. The van der Waals surface area contributed by atoms with Crippen molar-refractivity contribution in [2.75, 3.05) is 12.3 Å². The van der Waals surface area contributed by atoms with Crippen LogP contribution in [0.25, 0.3) is 0 Å². The highest BCUT2D eigenvalue weighted by molar-refractivity contribution is 7.89. The molecule has 1 saturated heterocycles. The van der Waals surface area contributed by atoms with Gasteiger partial charge in [0.25, 0.3) is 0 Å². The quantitative estimate of drug-likeness (QED) is 0.753. The number of amides is 1. The summed E-state index contributed by atoms with van der Waals surface area (Å²) in [6, 6.07) is 0.780. The van der Waals surface area contributed by atoms with Crippen molar-refractivity contribution in [3.05, 3.63) is 0 Å². The van der Waals surface area contributed by atoms with Crippen molar-refractivity contribution in [1.82, 2.24) is 9.21 Å². The van der Waals surface area contributed by atoms with Crippen LogP contribution in [-0.4, -0.2) is 54.0 Å². The van der Waals surface area contributed by atoms with Gasteiger partial charge in [-0.2, -0.15) is 4.31 Å². The van der Waals surface area contributed by atoms with Crippen LogP contribution in [0.15, 0.2) is 0 Å². The van der Waals surface area contributed by atoms with Crippen LogP contribution in [0.1, 0.15) is 71.6 Å². The molecule has 0 N–H and O–H groups in total. The van der Waals surface area contributed by atoms with Crippen LogP contribution in [0.5, 0.6) is 0 Å². The second-order valence-electron chi connectivity index (χ2n) is 10.1. The molecule has 0 aromatic heterocycles. The second-order valence-corrected chi connectivity index (χ2v) is 12.1. The van der Waals surface area contributed by atoms with Crippen molar-refractivity contribution < 1.29 is 13.2 Å². The summed E-state index contributed by atoms with van der Waals surface area (Å²) in [6.07, 6.45) is 9.89. The molecule has 1 amide bonds. The maximum atomic E-state index is 13.2. The topological polar surface area (TPSA) is 57.7 Å². The Morgan fingerprint density at radius 3 is 2.35 bits per heavy atom. The molecule has 4 saturated carbocycles. The minimum Gasteiger partial charge on any atom is -0.336 e. The molecule has 5 fully saturated rings. The molecule has 3 atom stereocenters. The molecule has 5 aliphatic rings. The molecule has 6 heteroatoms. The van der Waals surface area contributed by atoms with Crippen LogP contribution >= 0.6 is 0 Å². The molecule has 5 nitrogen and oxygen atoms in total. The Bertz CT molecular complexity index is 723. The predicted octanol–water partition coefficient (Wildman–Crippen LogP) is 2.76.